The topological polar surface area (TPSA) is 108 Å². The van der Waals surface area contributed by atoms with Gasteiger partial charge in [0.25, 0.3) is 5.91 Å². The summed E-state index contributed by atoms with van der Waals surface area (Å²) in [6.07, 6.45) is -4.60. The number of carbonyl (C=O) groups is 3. The molecule has 2 aromatic rings. The molecule has 2 aromatic carbocycles. The predicted octanol–water partition coefficient (Wildman–Crippen LogP) is 2.87. The van der Waals surface area contributed by atoms with Crippen molar-refractivity contribution in [3.63, 3.8) is 0 Å². The molecule has 0 aliphatic carbocycles. The van der Waals surface area contributed by atoms with E-state index in [-0.39, 0.29) is 11.1 Å². The van der Waals surface area contributed by atoms with Crippen molar-refractivity contribution < 1.29 is 37.0 Å². The Balaban J connectivity index is 1.94. The highest BCUT2D eigenvalue weighted by Crippen LogP contribution is 2.31. The van der Waals surface area contributed by atoms with Crippen LogP contribution in [0.25, 0.3) is 0 Å². The summed E-state index contributed by atoms with van der Waals surface area (Å²) in [4.78, 5) is 35.1. The highest BCUT2D eigenvalue weighted by molar-refractivity contribution is 5.98. The van der Waals surface area contributed by atoms with Gasteiger partial charge in [0.15, 0.2) is 6.61 Å². The lowest BCUT2D eigenvalue weighted by molar-refractivity contribution is -0.137. The molecule has 0 spiro atoms. The number of anilines is 2. The Morgan fingerprint density at radius 3 is 2.21 bits per heavy atom. The van der Waals surface area contributed by atoms with Gasteiger partial charge < -0.3 is 20.5 Å². The van der Waals surface area contributed by atoms with Crippen LogP contribution in [-0.2, 0) is 20.4 Å². The van der Waals surface area contributed by atoms with E-state index in [4.69, 9.17) is 10.5 Å². The number of carbonyl (C=O) groups excluding carboxylic acids is 3. The molecule has 0 unspecified atom stereocenters. The summed E-state index contributed by atoms with van der Waals surface area (Å²) in [5, 5.41) is 2.43. The summed E-state index contributed by atoms with van der Waals surface area (Å²) >= 11 is 0. The maximum absolute atomic E-state index is 12.6. The van der Waals surface area contributed by atoms with Crippen LogP contribution in [0.2, 0.25) is 0 Å². The number of ether oxygens (including phenoxy) is 2. The van der Waals surface area contributed by atoms with E-state index in [0.29, 0.717) is 17.8 Å². The molecule has 0 saturated heterocycles. The Bertz CT molecular complexity index is 895. The SMILES string of the molecule is COC(=O)c1ccc(NC(=O)COC(=O)c2ccc(C(F)(F)F)cc2N)cc1. The van der Waals surface area contributed by atoms with Crippen LogP contribution in [0.5, 0.6) is 0 Å². The van der Waals surface area contributed by atoms with Crippen molar-refractivity contribution in [2.24, 2.45) is 0 Å². The first-order valence-electron chi connectivity index (χ1n) is 7.74. The molecule has 0 heterocycles. The molecular formula is C18H15F3N2O5. The first-order valence-corrected chi connectivity index (χ1v) is 7.74. The Hall–Kier alpha value is -3.56. The van der Waals surface area contributed by atoms with Crippen molar-refractivity contribution in [1.82, 2.24) is 0 Å². The Kier molecular flexibility index (Phi) is 6.24. The Morgan fingerprint density at radius 1 is 1.04 bits per heavy atom. The van der Waals surface area contributed by atoms with Crippen molar-refractivity contribution in [3.8, 4) is 0 Å². The minimum atomic E-state index is -4.60. The first-order chi connectivity index (χ1) is 13.1. The summed E-state index contributed by atoms with van der Waals surface area (Å²) in [5.74, 6) is -2.27. The van der Waals surface area contributed by atoms with Crippen LogP contribution in [0, 0.1) is 0 Å². The van der Waals surface area contributed by atoms with E-state index < -0.39 is 41.9 Å². The van der Waals surface area contributed by atoms with E-state index in [1.807, 2.05) is 0 Å². The minimum Gasteiger partial charge on any atom is -0.465 e. The van der Waals surface area contributed by atoms with E-state index in [9.17, 15) is 27.6 Å². The van der Waals surface area contributed by atoms with Gasteiger partial charge >= 0.3 is 18.1 Å². The van der Waals surface area contributed by atoms with Crippen molar-refractivity contribution in [2.45, 2.75) is 6.18 Å². The largest absolute Gasteiger partial charge is 0.465 e. The third-order valence-electron chi connectivity index (χ3n) is 3.52. The molecule has 10 heteroatoms. The van der Waals surface area contributed by atoms with E-state index >= 15 is 0 Å². The van der Waals surface area contributed by atoms with Crippen molar-refractivity contribution in [1.29, 1.82) is 0 Å². The minimum absolute atomic E-state index is 0.282. The zero-order valence-corrected chi connectivity index (χ0v) is 14.5. The van der Waals surface area contributed by atoms with Crippen LogP contribution < -0.4 is 11.1 Å². The molecule has 0 radical (unpaired) electrons. The van der Waals surface area contributed by atoms with E-state index in [1.165, 1.54) is 31.4 Å². The number of benzene rings is 2. The number of rotatable bonds is 5. The molecule has 28 heavy (non-hydrogen) atoms. The second-order valence-electron chi connectivity index (χ2n) is 5.49. The number of halogens is 3. The number of hydrogen-bond acceptors (Lipinski definition) is 6. The number of nitrogens with two attached hydrogens (primary N) is 1. The van der Waals surface area contributed by atoms with Gasteiger partial charge in [-0.15, -0.1) is 0 Å². The second kappa shape index (κ2) is 8.42. The number of nitrogen functional groups attached to an aromatic ring is 1. The zero-order valence-electron chi connectivity index (χ0n) is 14.5. The molecular weight excluding hydrogens is 381 g/mol. The fourth-order valence-electron chi connectivity index (χ4n) is 2.14. The van der Waals surface area contributed by atoms with Gasteiger partial charge in [-0.3, -0.25) is 4.79 Å². The summed E-state index contributed by atoms with van der Waals surface area (Å²) in [5.41, 5.74) is 4.37. The average molecular weight is 396 g/mol. The molecule has 0 bridgehead atoms. The number of hydrogen-bond donors (Lipinski definition) is 2. The number of alkyl halides is 3. The Morgan fingerprint density at radius 2 is 1.68 bits per heavy atom. The number of esters is 2. The number of nitrogens with one attached hydrogen (secondary N) is 1. The molecule has 0 aromatic heterocycles. The highest BCUT2D eigenvalue weighted by atomic mass is 19.4. The van der Waals surface area contributed by atoms with Crippen LogP contribution in [0.1, 0.15) is 26.3 Å². The average Bonchev–Trinajstić information content (AvgIpc) is 2.65. The second-order valence-corrected chi connectivity index (χ2v) is 5.49. The standard InChI is InChI=1S/C18H15F3N2O5/c1-27-16(25)10-2-5-12(6-3-10)23-15(24)9-28-17(26)13-7-4-11(8-14(13)22)18(19,20)21/h2-8H,9,22H2,1H3,(H,23,24). The zero-order chi connectivity index (χ0) is 20.9. The lowest BCUT2D eigenvalue weighted by atomic mass is 10.1. The van der Waals surface area contributed by atoms with Gasteiger partial charge in [0.2, 0.25) is 0 Å². The molecule has 3 N–H and O–H groups in total. The quantitative estimate of drug-likeness (QED) is 0.594. The fraction of sp³-hybridized carbons (Fsp3) is 0.167. The van der Waals surface area contributed by atoms with Gasteiger partial charge in [-0.25, -0.2) is 9.59 Å². The molecule has 0 saturated carbocycles. The lowest BCUT2D eigenvalue weighted by Gasteiger charge is -2.11. The molecule has 0 atom stereocenters. The van der Waals surface area contributed by atoms with Crippen LogP contribution >= 0.6 is 0 Å². The van der Waals surface area contributed by atoms with E-state index in [0.717, 1.165) is 6.07 Å². The normalized spacial score (nSPS) is 10.9. The summed E-state index contributed by atoms with van der Waals surface area (Å²) in [7, 11) is 1.23. The van der Waals surface area contributed by atoms with Gasteiger partial charge in [0.1, 0.15) is 0 Å². The highest BCUT2D eigenvalue weighted by Gasteiger charge is 2.31. The lowest BCUT2D eigenvalue weighted by Crippen LogP contribution is -2.21. The van der Waals surface area contributed by atoms with E-state index in [1.54, 1.807) is 0 Å². The molecule has 0 aliphatic rings. The van der Waals surface area contributed by atoms with Gasteiger partial charge in [0.05, 0.1) is 23.8 Å². The van der Waals surface area contributed by atoms with Crippen LogP contribution in [0.3, 0.4) is 0 Å². The molecule has 0 fully saturated rings. The first kappa shape index (κ1) is 20.7. The maximum atomic E-state index is 12.6. The molecule has 7 nitrogen and oxygen atoms in total. The Labute approximate surface area is 157 Å². The van der Waals surface area contributed by atoms with Crippen LogP contribution in [-0.4, -0.2) is 31.6 Å². The predicted molar refractivity (Wildman–Crippen MR) is 92.6 cm³/mol. The monoisotopic (exact) mass is 396 g/mol. The third kappa shape index (κ3) is 5.22. The molecule has 1 amide bonds. The fourth-order valence-corrected chi connectivity index (χ4v) is 2.14. The third-order valence-corrected chi connectivity index (χ3v) is 3.52. The maximum Gasteiger partial charge on any atom is 0.416 e. The van der Waals surface area contributed by atoms with Crippen molar-refractivity contribution in [2.75, 3.05) is 24.8 Å². The van der Waals surface area contributed by atoms with Gasteiger partial charge in [0, 0.05) is 11.4 Å². The van der Waals surface area contributed by atoms with Crippen molar-refractivity contribution in [3.05, 3.63) is 59.2 Å². The molecule has 0 aliphatic heterocycles. The van der Waals surface area contributed by atoms with Crippen molar-refractivity contribution >= 4 is 29.2 Å². The van der Waals surface area contributed by atoms with Gasteiger partial charge in [-0.1, -0.05) is 0 Å². The van der Waals surface area contributed by atoms with Crippen LogP contribution in [0.4, 0.5) is 24.5 Å². The molecule has 148 valence electrons. The number of methoxy groups -OCH3 is 1. The van der Waals surface area contributed by atoms with Crippen LogP contribution in [0.15, 0.2) is 42.5 Å². The number of amides is 1. The molecule has 2 rings (SSSR count). The van der Waals surface area contributed by atoms with Gasteiger partial charge in [-0.2, -0.15) is 13.2 Å². The van der Waals surface area contributed by atoms with Gasteiger partial charge in [-0.05, 0) is 42.5 Å². The summed E-state index contributed by atoms with van der Waals surface area (Å²) in [6, 6.07) is 7.92. The van der Waals surface area contributed by atoms with E-state index in [2.05, 4.69) is 10.1 Å². The smallest absolute Gasteiger partial charge is 0.416 e. The summed E-state index contributed by atoms with van der Waals surface area (Å²) < 4.78 is 47.1. The summed E-state index contributed by atoms with van der Waals surface area (Å²) in [6.45, 7) is -0.682.